The molecule has 1 amide bonds. The van der Waals surface area contributed by atoms with E-state index in [1.165, 1.54) is 0 Å². The summed E-state index contributed by atoms with van der Waals surface area (Å²) >= 11 is 1.63. The Balaban J connectivity index is 1.96. The van der Waals surface area contributed by atoms with Crippen molar-refractivity contribution in [2.75, 3.05) is 11.9 Å². The summed E-state index contributed by atoms with van der Waals surface area (Å²) in [4.78, 5) is 16.3. The lowest BCUT2D eigenvalue weighted by Crippen LogP contribution is -2.27. The van der Waals surface area contributed by atoms with E-state index in [0.717, 1.165) is 22.0 Å². The van der Waals surface area contributed by atoms with E-state index in [9.17, 15) is 4.79 Å². The van der Waals surface area contributed by atoms with Gasteiger partial charge in [-0.15, -0.1) is 11.3 Å². The van der Waals surface area contributed by atoms with Crippen LogP contribution in [0.2, 0.25) is 0 Å². The Hall–Kier alpha value is -1.72. The largest absolute Gasteiger partial charge is 0.326 e. The molecule has 0 aliphatic heterocycles. The fourth-order valence-electron chi connectivity index (χ4n) is 1.95. The second-order valence-electron chi connectivity index (χ2n) is 5.24. The van der Waals surface area contributed by atoms with Crippen molar-refractivity contribution in [2.24, 2.45) is 0 Å². The topological polar surface area (TPSA) is 54.0 Å². The van der Waals surface area contributed by atoms with E-state index in [1.54, 1.807) is 11.3 Å². The molecule has 2 aromatic rings. The number of anilines is 1. The van der Waals surface area contributed by atoms with E-state index in [0.29, 0.717) is 19.0 Å². The lowest BCUT2D eigenvalue weighted by atomic mass is 10.1. The summed E-state index contributed by atoms with van der Waals surface area (Å²) in [6.45, 7) is 6.81. The predicted octanol–water partition coefficient (Wildman–Crippen LogP) is 3.45. The third-order valence-electron chi connectivity index (χ3n) is 2.97. The number of thiazole rings is 1. The minimum Gasteiger partial charge on any atom is -0.326 e. The number of rotatable bonds is 6. The Bertz CT molecular complexity index is 607. The number of aromatic nitrogens is 1. The molecule has 0 aliphatic rings. The highest BCUT2D eigenvalue weighted by atomic mass is 32.1. The maximum Gasteiger partial charge on any atom is 0.225 e. The molecule has 2 rings (SSSR count). The Morgan fingerprint density at radius 1 is 1.38 bits per heavy atom. The van der Waals surface area contributed by atoms with Crippen LogP contribution in [0.4, 0.5) is 5.69 Å². The highest BCUT2D eigenvalue weighted by Crippen LogP contribution is 2.24. The van der Waals surface area contributed by atoms with Gasteiger partial charge in [0.2, 0.25) is 5.91 Å². The van der Waals surface area contributed by atoms with Crippen molar-refractivity contribution in [1.82, 2.24) is 10.3 Å². The van der Waals surface area contributed by atoms with Crippen molar-refractivity contribution in [3.63, 3.8) is 0 Å². The molecular weight excluding hydrogens is 282 g/mol. The maximum absolute atomic E-state index is 11.9. The van der Waals surface area contributed by atoms with Crippen LogP contribution in [-0.4, -0.2) is 23.5 Å². The van der Waals surface area contributed by atoms with E-state index in [-0.39, 0.29) is 5.91 Å². The van der Waals surface area contributed by atoms with Gasteiger partial charge in [-0.3, -0.25) is 4.79 Å². The molecule has 0 saturated carbocycles. The summed E-state index contributed by atoms with van der Waals surface area (Å²) in [7, 11) is 0. The smallest absolute Gasteiger partial charge is 0.225 e. The van der Waals surface area contributed by atoms with Crippen LogP contribution < -0.4 is 10.6 Å². The Morgan fingerprint density at radius 3 is 2.86 bits per heavy atom. The van der Waals surface area contributed by atoms with Crippen LogP contribution >= 0.6 is 11.3 Å². The quantitative estimate of drug-likeness (QED) is 0.859. The first kappa shape index (κ1) is 15.7. The van der Waals surface area contributed by atoms with Crippen LogP contribution in [0, 0.1) is 6.92 Å². The molecule has 0 saturated heterocycles. The Morgan fingerprint density at radius 2 is 2.19 bits per heavy atom. The number of nitrogens with zero attached hydrogens (tertiary/aromatic N) is 1. The maximum atomic E-state index is 11.9. The Kier molecular flexibility index (Phi) is 5.47. The van der Waals surface area contributed by atoms with Gasteiger partial charge in [0.15, 0.2) is 0 Å². The van der Waals surface area contributed by atoms with Gasteiger partial charge in [-0.05, 0) is 19.1 Å². The normalized spacial score (nSPS) is 10.9. The molecule has 0 fully saturated rings. The fraction of sp³-hybridized carbons (Fsp3) is 0.375. The van der Waals surface area contributed by atoms with Gasteiger partial charge in [-0.2, -0.15) is 0 Å². The number of aryl methyl sites for hydroxylation is 1. The second kappa shape index (κ2) is 7.33. The molecule has 112 valence electrons. The van der Waals surface area contributed by atoms with E-state index in [1.807, 2.05) is 36.6 Å². The zero-order chi connectivity index (χ0) is 15.2. The third-order valence-corrected chi connectivity index (χ3v) is 3.74. The monoisotopic (exact) mass is 303 g/mol. The highest BCUT2D eigenvalue weighted by Gasteiger charge is 2.06. The number of benzene rings is 1. The van der Waals surface area contributed by atoms with Crippen LogP contribution in [0.15, 0.2) is 29.6 Å². The predicted molar refractivity (Wildman–Crippen MR) is 88.7 cm³/mol. The van der Waals surface area contributed by atoms with Gasteiger partial charge in [0.1, 0.15) is 0 Å². The number of hydrogen-bond donors (Lipinski definition) is 2. The van der Waals surface area contributed by atoms with E-state index in [2.05, 4.69) is 29.5 Å². The van der Waals surface area contributed by atoms with Crippen molar-refractivity contribution in [1.29, 1.82) is 0 Å². The van der Waals surface area contributed by atoms with Gasteiger partial charge in [-0.25, -0.2) is 4.98 Å². The number of hydrogen-bond acceptors (Lipinski definition) is 4. The van der Waals surface area contributed by atoms with Crippen LogP contribution in [0.1, 0.15) is 25.3 Å². The number of carbonyl (C=O) groups is 1. The Labute approximate surface area is 129 Å². The molecule has 0 radical (unpaired) electrons. The zero-order valence-electron chi connectivity index (χ0n) is 12.6. The first-order valence-electron chi connectivity index (χ1n) is 7.10. The summed E-state index contributed by atoms with van der Waals surface area (Å²) in [6.07, 6.45) is 0.470. The molecule has 1 heterocycles. The summed E-state index contributed by atoms with van der Waals surface area (Å²) in [6, 6.07) is 8.20. The average molecular weight is 303 g/mol. The zero-order valence-corrected chi connectivity index (χ0v) is 13.5. The first-order chi connectivity index (χ1) is 10.0. The number of carbonyl (C=O) groups excluding carboxylic acids is 1. The van der Waals surface area contributed by atoms with Crippen molar-refractivity contribution in [2.45, 2.75) is 33.2 Å². The standard InChI is InChI=1S/C16H21N3OS/c1-11(2)17-8-7-16(20)19-14-6-4-5-13(9-14)15-10-21-12(3)18-15/h4-6,9-11,17H,7-8H2,1-3H3,(H,19,20). The van der Waals surface area contributed by atoms with E-state index >= 15 is 0 Å². The van der Waals surface area contributed by atoms with Crippen LogP contribution in [0.5, 0.6) is 0 Å². The van der Waals surface area contributed by atoms with Crippen LogP contribution in [0.25, 0.3) is 11.3 Å². The summed E-state index contributed by atoms with van der Waals surface area (Å²) < 4.78 is 0. The van der Waals surface area contributed by atoms with Gasteiger partial charge in [0, 0.05) is 35.6 Å². The minimum absolute atomic E-state index is 0.0229. The number of amides is 1. The van der Waals surface area contributed by atoms with Crippen LogP contribution in [-0.2, 0) is 4.79 Å². The lowest BCUT2D eigenvalue weighted by Gasteiger charge is -2.09. The molecule has 1 aromatic carbocycles. The van der Waals surface area contributed by atoms with Gasteiger partial charge < -0.3 is 10.6 Å². The summed E-state index contributed by atoms with van der Waals surface area (Å²) in [5.74, 6) is 0.0229. The lowest BCUT2D eigenvalue weighted by molar-refractivity contribution is -0.116. The summed E-state index contributed by atoms with van der Waals surface area (Å²) in [5, 5.41) is 9.23. The average Bonchev–Trinajstić information content (AvgIpc) is 2.85. The molecule has 0 bridgehead atoms. The van der Waals surface area contributed by atoms with Crippen molar-refractivity contribution >= 4 is 22.9 Å². The minimum atomic E-state index is 0.0229. The molecule has 0 aliphatic carbocycles. The molecule has 2 N–H and O–H groups in total. The molecule has 0 atom stereocenters. The van der Waals surface area contributed by atoms with Gasteiger partial charge in [-0.1, -0.05) is 26.0 Å². The SMILES string of the molecule is Cc1nc(-c2cccc(NC(=O)CCNC(C)C)c2)cs1. The van der Waals surface area contributed by atoms with Crippen LogP contribution in [0.3, 0.4) is 0 Å². The molecule has 0 spiro atoms. The van der Waals surface area contributed by atoms with Gasteiger partial charge in [0.05, 0.1) is 10.7 Å². The fourth-order valence-corrected chi connectivity index (χ4v) is 2.57. The van der Waals surface area contributed by atoms with Gasteiger partial charge in [0.25, 0.3) is 0 Å². The van der Waals surface area contributed by atoms with Crippen molar-refractivity contribution in [3.05, 3.63) is 34.7 Å². The van der Waals surface area contributed by atoms with Gasteiger partial charge >= 0.3 is 0 Å². The first-order valence-corrected chi connectivity index (χ1v) is 7.98. The molecule has 1 aromatic heterocycles. The van der Waals surface area contributed by atoms with E-state index < -0.39 is 0 Å². The molecular formula is C16H21N3OS. The molecule has 4 nitrogen and oxygen atoms in total. The van der Waals surface area contributed by atoms with Crippen molar-refractivity contribution < 1.29 is 4.79 Å². The molecule has 5 heteroatoms. The van der Waals surface area contributed by atoms with Crippen molar-refractivity contribution in [3.8, 4) is 11.3 Å². The molecule has 0 unspecified atom stereocenters. The third kappa shape index (κ3) is 4.95. The van der Waals surface area contributed by atoms with E-state index in [4.69, 9.17) is 0 Å². The summed E-state index contributed by atoms with van der Waals surface area (Å²) in [5.41, 5.74) is 2.79. The highest BCUT2D eigenvalue weighted by molar-refractivity contribution is 7.09. The number of nitrogens with one attached hydrogen (secondary N) is 2. The second-order valence-corrected chi connectivity index (χ2v) is 6.30. The molecule has 21 heavy (non-hydrogen) atoms.